The minimum Gasteiger partial charge on any atom is -0.497 e. The molecule has 0 aliphatic carbocycles. The van der Waals surface area contributed by atoms with E-state index in [0.29, 0.717) is 23.0 Å². The first-order chi connectivity index (χ1) is 16.0. The molecule has 0 unspecified atom stereocenters. The Morgan fingerprint density at radius 2 is 1.67 bits per heavy atom. The smallest absolute Gasteiger partial charge is 0.257 e. The quantitative estimate of drug-likeness (QED) is 0.453. The number of ether oxygens (including phenoxy) is 1. The Morgan fingerprint density at radius 1 is 1.00 bits per heavy atom. The van der Waals surface area contributed by atoms with Gasteiger partial charge in [0.15, 0.2) is 11.0 Å². The molecule has 0 bridgehead atoms. The monoisotopic (exact) mass is 467 g/mol. The van der Waals surface area contributed by atoms with Crippen molar-refractivity contribution in [3.05, 3.63) is 54.1 Å². The van der Waals surface area contributed by atoms with Gasteiger partial charge >= 0.3 is 0 Å². The Morgan fingerprint density at radius 3 is 2.24 bits per heavy atom. The van der Waals surface area contributed by atoms with Gasteiger partial charge in [-0.15, -0.1) is 10.2 Å². The van der Waals surface area contributed by atoms with Crippen LogP contribution in [0.15, 0.2) is 53.7 Å². The topological polar surface area (TPSA) is 89.3 Å². The fourth-order valence-electron chi connectivity index (χ4n) is 3.41. The summed E-state index contributed by atoms with van der Waals surface area (Å²) in [6.07, 6.45) is 0. The highest BCUT2D eigenvalue weighted by Gasteiger charge is 2.16. The van der Waals surface area contributed by atoms with Gasteiger partial charge < -0.3 is 14.2 Å². The average Bonchev–Trinajstić information content (AvgIpc) is 3.27. The van der Waals surface area contributed by atoms with Crippen LogP contribution in [0.5, 0.6) is 5.75 Å². The van der Waals surface area contributed by atoms with Gasteiger partial charge in [0.1, 0.15) is 5.75 Å². The predicted octanol–water partition coefficient (Wildman–Crippen LogP) is 3.87. The molecule has 0 aliphatic rings. The zero-order valence-electron chi connectivity index (χ0n) is 19.4. The van der Waals surface area contributed by atoms with Crippen LogP contribution in [0.3, 0.4) is 0 Å². The van der Waals surface area contributed by atoms with Gasteiger partial charge in [0.05, 0.1) is 12.9 Å². The summed E-state index contributed by atoms with van der Waals surface area (Å²) < 4.78 is 7.05. The molecule has 0 saturated heterocycles. The number of nitrogens with zero attached hydrogens (tertiary/aromatic N) is 4. The number of amides is 2. The van der Waals surface area contributed by atoms with E-state index in [1.54, 1.807) is 31.4 Å². The zero-order valence-corrected chi connectivity index (χ0v) is 20.2. The third kappa shape index (κ3) is 5.92. The molecule has 174 valence electrons. The molecule has 2 aromatic carbocycles. The molecule has 0 spiro atoms. The lowest BCUT2D eigenvalue weighted by molar-refractivity contribution is -0.117. The molecule has 0 saturated carbocycles. The molecule has 2 amide bonds. The van der Waals surface area contributed by atoms with Gasteiger partial charge in [-0.05, 0) is 69.3 Å². The molecule has 1 aromatic heterocycles. The largest absolute Gasteiger partial charge is 0.497 e. The SMILES string of the molecule is CCN(CC)c1ccc(-c2nnc(SCC(=O)NC(=O)c3ccc(OC)cc3)n2CC)cc1. The van der Waals surface area contributed by atoms with Crippen LogP contribution >= 0.6 is 11.8 Å². The zero-order chi connectivity index (χ0) is 23.8. The molecule has 1 heterocycles. The summed E-state index contributed by atoms with van der Waals surface area (Å²) in [5, 5.41) is 11.6. The van der Waals surface area contributed by atoms with Crippen LogP contribution in [0.2, 0.25) is 0 Å². The Balaban J connectivity index is 1.63. The highest BCUT2D eigenvalue weighted by molar-refractivity contribution is 7.99. The van der Waals surface area contributed by atoms with Crippen molar-refractivity contribution in [3.8, 4) is 17.1 Å². The lowest BCUT2D eigenvalue weighted by atomic mass is 10.2. The number of aromatic nitrogens is 3. The lowest BCUT2D eigenvalue weighted by Crippen LogP contribution is -2.31. The van der Waals surface area contributed by atoms with E-state index in [9.17, 15) is 9.59 Å². The highest BCUT2D eigenvalue weighted by atomic mass is 32.2. The first-order valence-corrected chi connectivity index (χ1v) is 11.9. The number of carbonyl (C=O) groups is 2. The standard InChI is InChI=1S/C24H29N5O3S/c1-5-28(6-2)19-12-8-17(9-13-19)22-26-27-24(29(22)7-3)33-16-21(30)25-23(31)18-10-14-20(32-4)15-11-18/h8-15H,5-7,16H2,1-4H3,(H,25,30,31). The first kappa shape index (κ1) is 24.3. The molecule has 1 N–H and O–H groups in total. The summed E-state index contributed by atoms with van der Waals surface area (Å²) in [5.74, 6) is 0.610. The van der Waals surface area contributed by atoms with E-state index in [0.717, 1.165) is 24.5 Å². The van der Waals surface area contributed by atoms with Gasteiger partial charge in [0, 0.05) is 36.4 Å². The molecule has 3 rings (SSSR count). The minimum atomic E-state index is -0.450. The number of thioether (sulfide) groups is 1. The lowest BCUT2D eigenvalue weighted by Gasteiger charge is -2.21. The predicted molar refractivity (Wildman–Crippen MR) is 131 cm³/mol. The third-order valence-corrected chi connectivity index (χ3v) is 6.19. The summed E-state index contributed by atoms with van der Waals surface area (Å²) in [4.78, 5) is 26.9. The maximum Gasteiger partial charge on any atom is 0.257 e. The first-order valence-electron chi connectivity index (χ1n) is 10.9. The Bertz CT molecular complexity index is 1080. The van der Waals surface area contributed by atoms with Gasteiger partial charge in [-0.2, -0.15) is 0 Å². The van der Waals surface area contributed by atoms with E-state index in [1.165, 1.54) is 17.4 Å². The Labute approximate surface area is 198 Å². The minimum absolute atomic E-state index is 0.0565. The van der Waals surface area contributed by atoms with Crippen molar-refractivity contribution in [2.24, 2.45) is 0 Å². The normalized spacial score (nSPS) is 10.7. The number of hydrogen-bond donors (Lipinski definition) is 1. The van der Waals surface area contributed by atoms with Crippen LogP contribution in [0.25, 0.3) is 11.4 Å². The van der Waals surface area contributed by atoms with Crippen LogP contribution in [0.1, 0.15) is 31.1 Å². The van der Waals surface area contributed by atoms with Crippen molar-refractivity contribution < 1.29 is 14.3 Å². The summed E-state index contributed by atoms with van der Waals surface area (Å²) in [6, 6.07) is 14.8. The van der Waals surface area contributed by atoms with Gasteiger partial charge in [0.2, 0.25) is 5.91 Å². The fourth-order valence-corrected chi connectivity index (χ4v) is 4.21. The van der Waals surface area contributed by atoms with E-state index in [-0.39, 0.29) is 5.75 Å². The maximum absolute atomic E-state index is 12.3. The van der Waals surface area contributed by atoms with Gasteiger partial charge in [-0.25, -0.2) is 0 Å². The van der Waals surface area contributed by atoms with Gasteiger partial charge in [-0.1, -0.05) is 11.8 Å². The number of nitrogens with one attached hydrogen (secondary N) is 1. The van der Waals surface area contributed by atoms with Gasteiger partial charge in [0.25, 0.3) is 5.91 Å². The number of imide groups is 1. The summed E-state index contributed by atoms with van der Waals surface area (Å²) in [5.41, 5.74) is 2.52. The van der Waals surface area contributed by atoms with Crippen LogP contribution in [-0.4, -0.2) is 52.5 Å². The van der Waals surface area contributed by atoms with Crippen molar-refractivity contribution in [1.29, 1.82) is 0 Å². The molecule has 9 heteroatoms. The van der Waals surface area contributed by atoms with E-state index in [2.05, 4.69) is 46.4 Å². The van der Waals surface area contributed by atoms with E-state index < -0.39 is 11.8 Å². The molecular weight excluding hydrogens is 438 g/mol. The highest BCUT2D eigenvalue weighted by Crippen LogP contribution is 2.26. The third-order valence-electron chi connectivity index (χ3n) is 5.22. The molecule has 0 radical (unpaired) electrons. The second-order valence-corrected chi connectivity index (χ2v) is 8.11. The Hall–Kier alpha value is -3.33. The number of rotatable bonds is 10. The average molecular weight is 468 g/mol. The maximum atomic E-state index is 12.3. The molecule has 0 atom stereocenters. The number of carbonyl (C=O) groups excluding carboxylic acids is 2. The van der Waals surface area contributed by atoms with Crippen LogP contribution < -0.4 is 15.0 Å². The fraction of sp³-hybridized carbons (Fsp3) is 0.333. The van der Waals surface area contributed by atoms with Crippen molar-refractivity contribution in [2.45, 2.75) is 32.5 Å². The van der Waals surface area contributed by atoms with E-state index in [1.807, 2.05) is 23.6 Å². The molecule has 33 heavy (non-hydrogen) atoms. The van der Waals surface area contributed by atoms with E-state index in [4.69, 9.17) is 4.74 Å². The van der Waals surface area contributed by atoms with Crippen molar-refractivity contribution in [3.63, 3.8) is 0 Å². The van der Waals surface area contributed by atoms with Gasteiger partial charge in [-0.3, -0.25) is 14.9 Å². The molecular formula is C24H29N5O3S. The second kappa shape index (κ2) is 11.5. The second-order valence-electron chi connectivity index (χ2n) is 7.16. The number of benzene rings is 2. The number of methoxy groups -OCH3 is 1. The molecule has 0 aliphatic heterocycles. The number of hydrogen-bond acceptors (Lipinski definition) is 7. The Kier molecular flexibility index (Phi) is 8.48. The van der Waals surface area contributed by atoms with E-state index >= 15 is 0 Å². The van der Waals surface area contributed by atoms with Crippen molar-refractivity contribution >= 4 is 29.3 Å². The summed E-state index contributed by atoms with van der Waals surface area (Å²) >= 11 is 1.25. The van der Waals surface area contributed by atoms with Crippen molar-refractivity contribution in [2.75, 3.05) is 30.9 Å². The summed E-state index contributed by atoms with van der Waals surface area (Å²) in [6.45, 7) is 8.84. The van der Waals surface area contributed by atoms with Crippen molar-refractivity contribution in [1.82, 2.24) is 20.1 Å². The molecule has 0 fully saturated rings. The molecule has 8 nitrogen and oxygen atoms in total. The molecule has 3 aromatic rings. The van der Waals surface area contributed by atoms with Crippen LogP contribution in [0.4, 0.5) is 5.69 Å². The van der Waals surface area contributed by atoms with Crippen LogP contribution in [-0.2, 0) is 11.3 Å². The van der Waals surface area contributed by atoms with Crippen LogP contribution in [0, 0.1) is 0 Å². The summed E-state index contributed by atoms with van der Waals surface area (Å²) in [7, 11) is 1.55. The number of anilines is 1.